The van der Waals surface area contributed by atoms with E-state index < -0.39 is 70.3 Å². The van der Waals surface area contributed by atoms with Crippen LogP contribution in [0, 0.1) is 23.7 Å². The lowest BCUT2D eigenvalue weighted by Crippen LogP contribution is -2.43. The number of esters is 3. The predicted molar refractivity (Wildman–Crippen MR) is 89.6 cm³/mol. The molecule has 1 saturated heterocycles. The minimum absolute atomic E-state index is 0.258. The van der Waals surface area contributed by atoms with Crippen LogP contribution in [0.1, 0.15) is 16.8 Å². The molecule has 6 atom stereocenters. The fourth-order valence-corrected chi connectivity index (χ4v) is 4.86. The third kappa shape index (κ3) is 3.26. The summed E-state index contributed by atoms with van der Waals surface area (Å²) < 4.78 is 47.9. The van der Waals surface area contributed by atoms with E-state index in [-0.39, 0.29) is 5.92 Å². The molecule has 0 radical (unpaired) electrons. The average molecular weight is 409 g/mol. The van der Waals surface area contributed by atoms with Crippen molar-refractivity contribution in [1.29, 1.82) is 0 Å². The summed E-state index contributed by atoms with van der Waals surface area (Å²) in [6, 6.07) is 8.31. The van der Waals surface area contributed by atoms with Crippen LogP contribution >= 0.6 is 0 Å². The first kappa shape index (κ1) is 18.9. The molecule has 4 rings (SSSR count). The molecular formula is C18H17O9S-. The summed E-state index contributed by atoms with van der Waals surface area (Å²) >= 11 is 0. The summed E-state index contributed by atoms with van der Waals surface area (Å²) in [6.45, 7) is -0.585. The molecule has 150 valence electrons. The van der Waals surface area contributed by atoms with Crippen LogP contribution in [0.25, 0.3) is 0 Å². The van der Waals surface area contributed by atoms with E-state index in [0.717, 1.165) is 0 Å². The molecule has 1 aromatic rings. The minimum atomic E-state index is -4.52. The molecule has 2 saturated carbocycles. The van der Waals surface area contributed by atoms with Crippen molar-refractivity contribution in [2.75, 3.05) is 12.4 Å². The van der Waals surface area contributed by atoms with Crippen molar-refractivity contribution in [2.45, 2.75) is 18.6 Å². The summed E-state index contributed by atoms with van der Waals surface area (Å²) in [5.41, 5.74) is 0.339. The van der Waals surface area contributed by atoms with E-state index in [2.05, 4.69) is 0 Å². The Bertz CT molecular complexity index is 910. The molecule has 2 aliphatic carbocycles. The molecule has 3 aliphatic rings. The van der Waals surface area contributed by atoms with Crippen molar-refractivity contribution in [3.05, 3.63) is 35.9 Å². The number of ether oxygens (including phenoxy) is 3. The molecule has 0 spiro atoms. The highest BCUT2D eigenvalue weighted by atomic mass is 32.2. The van der Waals surface area contributed by atoms with Gasteiger partial charge in [0.05, 0.1) is 33.3 Å². The molecule has 10 heteroatoms. The van der Waals surface area contributed by atoms with Crippen molar-refractivity contribution in [3.63, 3.8) is 0 Å². The summed E-state index contributed by atoms with van der Waals surface area (Å²) in [7, 11) is -4.52. The van der Waals surface area contributed by atoms with Gasteiger partial charge in [0, 0.05) is 11.8 Å². The number of carbonyl (C=O) groups is 3. The SMILES string of the molecule is O=C(OC1C2CC3C1OC(=O)C3C2C(=O)OCCS(=O)(=O)[O-])c1ccccc1. The van der Waals surface area contributed by atoms with Crippen LogP contribution in [0.4, 0.5) is 0 Å². The van der Waals surface area contributed by atoms with E-state index in [1.807, 2.05) is 0 Å². The topological polar surface area (TPSA) is 136 Å². The monoisotopic (exact) mass is 409 g/mol. The highest BCUT2D eigenvalue weighted by molar-refractivity contribution is 7.85. The van der Waals surface area contributed by atoms with Crippen molar-refractivity contribution in [2.24, 2.45) is 23.7 Å². The van der Waals surface area contributed by atoms with E-state index >= 15 is 0 Å². The van der Waals surface area contributed by atoms with Gasteiger partial charge in [-0.3, -0.25) is 9.59 Å². The second-order valence-electron chi connectivity index (χ2n) is 7.18. The van der Waals surface area contributed by atoms with Gasteiger partial charge in [-0.1, -0.05) is 18.2 Å². The quantitative estimate of drug-likeness (QED) is 0.364. The molecule has 28 heavy (non-hydrogen) atoms. The maximum absolute atomic E-state index is 12.5. The van der Waals surface area contributed by atoms with Gasteiger partial charge in [0.25, 0.3) is 0 Å². The standard InChI is InChI=1S/C18H18O9S/c19-16(9-4-2-1-3-5-9)26-14-10-8-11-13(18(21)27-15(11)14)12(10)17(20)25-6-7-28(22,23)24/h1-5,10-15H,6-8H2,(H,22,23,24)/p-1. The Hall–Kier alpha value is -2.46. The Morgan fingerprint density at radius 3 is 2.57 bits per heavy atom. The molecule has 0 N–H and O–H groups in total. The maximum atomic E-state index is 12.5. The van der Waals surface area contributed by atoms with Crippen LogP contribution in [0.15, 0.2) is 30.3 Å². The maximum Gasteiger partial charge on any atom is 0.338 e. The summed E-state index contributed by atoms with van der Waals surface area (Å²) in [6.07, 6.45) is -0.907. The third-order valence-corrected chi connectivity index (χ3v) is 6.32. The zero-order valence-corrected chi connectivity index (χ0v) is 15.4. The second-order valence-corrected chi connectivity index (χ2v) is 8.71. The van der Waals surface area contributed by atoms with Crippen molar-refractivity contribution >= 4 is 28.0 Å². The molecular weight excluding hydrogens is 392 g/mol. The van der Waals surface area contributed by atoms with Crippen LogP contribution in [0.3, 0.4) is 0 Å². The highest BCUT2D eigenvalue weighted by Crippen LogP contribution is 2.59. The third-order valence-electron chi connectivity index (χ3n) is 5.65. The van der Waals surface area contributed by atoms with Gasteiger partial charge in [0.2, 0.25) is 0 Å². The normalized spacial score (nSPS) is 32.8. The number of carbonyl (C=O) groups excluding carboxylic acids is 3. The fourth-order valence-electron chi connectivity index (χ4n) is 4.58. The second kappa shape index (κ2) is 6.85. The first-order valence-corrected chi connectivity index (χ1v) is 10.4. The van der Waals surface area contributed by atoms with Crippen LogP contribution in [0.2, 0.25) is 0 Å². The van der Waals surface area contributed by atoms with Gasteiger partial charge >= 0.3 is 17.9 Å². The van der Waals surface area contributed by atoms with Crippen molar-refractivity contribution in [3.8, 4) is 0 Å². The number of rotatable bonds is 6. The molecule has 1 aromatic carbocycles. The number of hydrogen-bond donors (Lipinski definition) is 0. The van der Waals surface area contributed by atoms with Gasteiger partial charge in [0.15, 0.2) is 0 Å². The van der Waals surface area contributed by atoms with E-state index in [1.54, 1.807) is 30.3 Å². The van der Waals surface area contributed by atoms with Gasteiger partial charge in [-0.05, 0) is 18.6 Å². The largest absolute Gasteiger partial charge is 0.748 e. The summed E-state index contributed by atoms with van der Waals surface area (Å²) in [4.78, 5) is 37.1. The Kier molecular flexibility index (Phi) is 4.62. The summed E-state index contributed by atoms with van der Waals surface area (Å²) in [5.74, 6) is -5.06. The van der Waals surface area contributed by atoms with Gasteiger partial charge in [-0.25, -0.2) is 13.2 Å². The molecule has 0 amide bonds. The highest BCUT2D eigenvalue weighted by Gasteiger charge is 2.70. The lowest BCUT2D eigenvalue weighted by Gasteiger charge is -2.30. The zero-order valence-electron chi connectivity index (χ0n) is 14.6. The molecule has 2 bridgehead atoms. The Labute approximate surface area is 160 Å². The number of hydrogen-bond acceptors (Lipinski definition) is 9. The van der Waals surface area contributed by atoms with Gasteiger partial charge < -0.3 is 18.8 Å². The number of benzene rings is 1. The van der Waals surface area contributed by atoms with E-state index in [4.69, 9.17) is 14.2 Å². The number of fused-ring (bicyclic) bond motifs is 1. The van der Waals surface area contributed by atoms with Crippen LogP contribution in [-0.4, -0.2) is 55.4 Å². The fraction of sp³-hybridized carbons (Fsp3) is 0.500. The van der Waals surface area contributed by atoms with Crippen LogP contribution in [-0.2, 0) is 33.9 Å². The Morgan fingerprint density at radius 2 is 1.89 bits per heavy atom. The molecule has 1 aliphatic heterocycles. The van der Waals surface area contributed by atoms with Crippen molar-refractivity contribution < 1.29 is 41.6 Å². The first-order chi connectivity index (χ1) is 13.3. The first-order valence-electron chi connectivity index (χ1n) is 8.83. The zero-order chi connectivity index (χ0) is 20.1. The van der Waals surface area contributed by atoms with Crippen molar-refractivity contribution in [1.82, 2.24) is 0 Å². The van der Waals surface area contributed by atoms with E-state index in [1.165, 1.54) is 0 Å². The molecule has 0 aromatic heterocycles. The van der Waals surface area contributed by atoms with Crippen LogP contribution in [0.5, 0.6) is 0 Å². The van der Waals surface area contributed by atoms with Gasteiger partial charge in [-0.15, -0.1) is 0 Å². The van der Waals surface area contributed by atoms with E-state index in [0.29, 0.717) is 12.0 Å². The average Bonchev–Trinajstić information content (AvgIpc) is 3.25. The van der Waals surface area contributed by atoms with Gasteiger partial charge in [-0.2, -0.15) is 0 Å². The minimum Gasteiger partial charge on any atom is -0.748 e. The molecule has 3 fully saturated rings. The summed E-state index contributed by atoms with van der Waals surface area (Å²) in [5, 5.41) is 0. The predicted octanol–water partition coefficient (Wildman–Crippen LogP) is 0.108. The lowest BCUT2D eigenvalue weighted by atomic mass is 9.78. The lowest BCUT2D eigenvalue weighted by molar-refractivity contribution is -0.155. The Balaban J connectivity index is 1.49. The Morgan fingerprint density at radius 1 is 1.18 bits per heavy atom. The molecule has 6 unspecified atom stereocenters. The van der Waals surface area contributed by atoms with Gasteiger partial charge in [0.1, 0.15) is 18.8 Å². The van der Waals surface area contributed by atoms with E-state index in [9.17, 15) is 27.4 Å². The van der Waals surface area contributed by atoms with Crippen LogP contribution < -0.4 is 0 Å². The molecule has 1 heterocycles. The smallest absolute Gasteiger partial charge is 0.338 e. The molecule has 9 nitrogen and oxygen atoms in total.